The molecule has 0 saturated carbocycles. The van der Waals surface area contributed by atoms with Gasteiger partial charge in [0.1, 0.15) is 12.2 Å². The van der Waals surface area contributed by atoms with Gasteiger partial charge in [-0.3, -0.25) is 9.78 Å². The number of hydrogen-bond acceptors (Lipinski definition) is 9. The number of hydrogen-bond donors (Lipinski definition) is 6. The van der Waals surface area contributed by atoms with E-state index in [1.165, 1.54) is 64.2 Å². The Morgan fingerprint density at radius 1 is 0.952 bits per heavy atom. The second-order valence-corrected chi connectivity index (χ2v) is 12.0. The van der Waals surface area contributed by atoms with Crippen LogP contribution in [0, 0.1) is 0 Å². The van der Waals surface area contributed by atoms with E-state index in [4.69, 9.17) is 4.74 Å². The minimum absolute atomic E-state index is 0.0232. The minimum Gasteiger partial charge on any atom is -0.394 e. The molecule has 1 aliphatic rings. The van der Waals surface area contributed by atoms with Crippen molar-refractivity contribution < 1.29 is 34.8 Å². The third-order valence-corrected chi connectivity index (χ3v) is 8.32. The van der Waals surface area contributed by atoms with Crippen LogP contribution < -0.4 is 11.2 Å². The first-order valence-corrected chi connectivity index (χ1v) is 15.9. The highest BCUT2D eigenvalue weighted by Gasteiger charge is 2.71. The monoisotopic (exact) mass is 603 g/mol. The maximum Gasteiger partial charge on any atom is 0.332 e. The number of halogens is 1. The summed E-state index contributed by atoms with van der Waals surface area (Å²) in [4.78, 5) is 26.8. The smallest absolute Gasteiger partial charge is 0.332 e. The number of aromatic nitrogens is 2. The van der Waals surface area contributed by atoms with Gasteiger partial charge in [-0.1, -0.05) is 111 Å². The lowest BCUT2D eigenvalue weighted by Crippen LogP contribution is -2.69. The molecular formula is C30H54FN3O8. The van der Waals surface area contributed by atoms with E-state index in [9.17, 15) is 35.2 Å². The molecule has 1 aliphatic heterocycles. The van der Waals surface area contributed by atoms with Crippen molar-refractivity contribution in [3.63, 3.8) is 0 Å². The fourth-order valence-electron chi connectivity index (χ4n) is 5.61. The van der Waals surface area contributed by atoms with Gasteiger partial charge in [-0.25, -0.2) is 13.8 Å². The Morgan fingerprint density at radius 2 is 1.43 bits per heavy atom. The average molecular weight is 604 g/mol. The van der Waals surface area contributed by atoms with Crippen LogP contribution in [0.5, 0.6) is 0 Å². The Hall–Kier alpha value is -1.67. The number of hydroxylamine groups is 2. The molecule has 1 fully saturated rings. The van der Waals surface area contributed by atoms with Gasteiger partial charge in [0.25, 0.3) is 5.56 Å². The van der Waals surface area contributed by atoms with Crippen LogP contribution in [0.3, 0.4) is 0 Å². The standard InChI is InChI=1S/C30H54FN3O8/c1-4-5-6-7-8-9-10-11-12-13-14-15-16-17-18-19-25(31)34(41)29(39)26(36)24(21-35)42-30(29,40)33-20-23(22(2)3)27(37)32-28(33)38/h20,22,24-26,35-36,39-41H,4-19,21H2,1-3H3,(H,32,37,38)/t24-,25?,26-,29-,30-/m1/s1. The first kappa shape index (κ1) is 36.5. The molecule has 0 amide bonds. The largest absolute Gasteiger partial charge is 0.394 e. The number of nitrogens with zero attached hydrogens (tertiary/aromatic N) is 2. The summed E-state index contributed by atoms with van der Waals surface area (Å²) in [7, 11) is 0. The molecule has 244 valence electrons. The SMILES string of the molecule is CCCCCCCCCCCCCCCCCC(F)N(O)[C@@]1(O)[C@H](O)[C@@H](CO)O[C@@]1(O)n1cc(C(C)C)c(=O)[nH]c1=O. The molecule has 0 aromatic carbocycles. The van der Waals surface area contributed by atoms with Crippen LogP contribution in [0.25, 0.3) is 0 Å². The van der Waals surface area contributed by atoms with Crippen LogP contribution in [0.1, 0.15) is 135 Å². The molecule has 2 rings (SSSR count). The zero-order valence-electron chi connectivity index (χ0n) is 25.6. The molecule has 1 aromatic rings. The molecule has 2 heterocycles. The third-order valence-electron chi connectivity index (χ3n) is 8.32. The summed E-state index contributed by atoms with van der Waals surface area (Å²) in [5.41, 5.74) is -5.25. The number of ether oxygens (including phenoxy) is 1. The van der Waals surface area contributed by atoms with Crippen molar-refractivity contribution >= 4 is 0 Å². The molecule has 1 unspecified atom stereocenters. The molecule has 1 saturated heterocycles. The van der Waals surface area contributed by atoms with Gasteiger partial charge in [0, 0.05) is 11.8 Å². The van der Waals surface area contributed by atoms with Gasteiger partial charge in [0.05, 0.1) is 6.61 Å². The van der Waals surface area contributed by atoms with E-state index < -0.39 is 53.9 Å². The predicted octanol–water partition coefficient (Wildman–Crippen LogP) is 3.95. The summed E-state index contributed by atoms with van der Waals surface area (Å²) in [5.74, 6) is -3.68. The quantitative estimate of drug-likeness (QED) is 0.0527. The Balaban J connectivity index is 1.88. The van der Waals surface area contributed by atoms with Crippen LogP contribution in [-0.4, -0.2) is 71.1 Å². The lowest BCUT2D eigenvalue weighted by atomic mass is 9.99. The first-order valence-electron chi connectivity index (χ1n) is 15.9. The number of nitrogens with one attached hydrogen (secondary N) is 1. The zero-order valence-corrected chi connectivity index (χ0v) is 25.6. The van der Waals surface area contributed by atoms with Crippen LogP contribution in [0.4, 0.5) is 4.39 Å². The minimum atomic E-state index is -3.30. The molecular weight excluding hydrogens is 549 g/mol. The van der Waals surface area contributed by atoms with Crippen LogP contribution >= 0.6 is 0 Å². The Labute approximate surface area is 248 Å². The van der Waals surface area contributed by atoms with Crippen molar-refractivity contribution in [2.24, 2.45) is 0 Å². The van der Waals surface area contributed by atoms with Crippen molar-refractivity contribution in [2.75, 3.05) is 6.61 Å². The average Bonchev–Trinajstić information content (AvgIpc) is 3.16. The highest BCUT2D eigenvalue weighted by Crippen LogP contribution is 2.44. The summed E-state index contributed by atoms with van der Waals surface area (Å²) < 4.78 is 20.9. The normalized spacial score (nSPS) is 25.1. The van der Waals surface area contributed by atoms with Crippen molar-refractivity contribution in [2.45, 2.75) is 160 Å². The number of alkyl halides is 1. The van der Waals surface area contributed by atoms with Crippen LogP contribution in [0.15, 0.2) is 15.8 Å². The molecule has 0 bridgehead atoms. The molecule has 0 radical (unpaired) electrons. The lowest BCUT2D eigenvalue weighted by molar-refractivity contribution is -0.428. The van der Waals surface area contributed by atoms with Gasteiger partial charge in [0.15, 0.2) is 6.30 Å². The van der Waals surface area contributed by atoms with Gasteiger partial charge in [-0.15, -0.1) is 5.06 Å². The maximum absolute atomic E-state index is 15.2. The van der Waals surface area contributed by atoms with E-state index >= 15 is 4.39 Å². The predicted molar refractivity (Wildman–Crippen MR) is 157 cm³/mol. The highest BCUT2D eigenvalue weighted by molar-refractivity contribution is 5.13. The Morgan fingerprint density at radius 3 is 1.88 bits per heavy atom. The highest BCUT2D eigenvalue weighted by atomic mass is 19.1. The summed E-state index contributed by atoms with van der Waals surface area (Å²) in [6.45, 7) is 4.59. The number of aliphatic hydroxyl groups is 4. The third kappa shape index (κ3) is 8.93. The lowest BCUT2D eigenvalue weighted by Gasteiger charge is -2.43. The van der Waals surface area contributed by atoms with E-state index in [0.29, 0.717) is 17.4 Å². The van der Waals surface area contributed by atoms with Gasteiger partial charge in [-0.2, -0.15) is 0 Å². The first-order chi connectivity index (χ1) is 19.9. The molecule has 1 aromatic heterocycles. The molecule has 12 heteroatoms. The van der Waals surface area contributed by atoms with E-state index in [1.54, 1.807) is 13.8 Å². The van der Waals surface area contributed by atoms with Crippen molar-refractivity contribution in [1.29, 1.82) is 0 Å². The van der Waals surface area contributed by atoms with Crippen molar-refractivity contribution in [1.82, 2.24) is 14.6 Å². The number of aromatic amines is 1. The van der Waals surface area contributed by atoms with E-state index in [-0.39, 0.29) is 17.0 Å². The zero-order chi connectivity index (χ0) is 31.3. The molecule has 5 atom stereocenters. The van der Waals surface area contributed by atoms with Gasteiger partial charge in [-0.05, 0) is 18.8 Å². The molecule has 0 spiro atoms. The molecule has 6 N–H and O–H groups in total. The number of H-pyrrole nitrogens is 1. The Bertz CT molecular complexity index is 1040. The topological polar surface area (TPSA) is 168 Å². The van der Waals surface area contributed by atoms with E-state index in [0.717, 1.165) is 25.5 Å². The second-order valence-electron chi connectivity index (χ2n) is 12.0. The summed E-state index contributed by atoms with van der Waals surface area (Å²) >= 11 is 0. The second kappa shape index (κ2) is 17.6. The van der Waals surface area contributed by atoms with Crippen LogP contribution in [-0.2, 0) is 10.6 Å². The summed E-state index contributed by atoms with van der Waals surface area (Å²) in [6.07, 6.45) is 11.4. The van der Waals surface area contributed by atoms with Gasteiger partial charge >= 0.3 is 11.6 Å². The fourth-order valence-corrected chi connectivity index (χ4v) is 5.61. The summed E-state index contributed by atoms with van der Waals surface area (Å²) in [6, 6.07) is 0. The van der Waals surface area contributed by atoms with Crippen molar-refractivity contribution in [3.05, 3.63) is 32.6 Å². The van der Waals surface area contributed by atoms with E-state index in [2.05, 4.69) is 6.92 Å². The number of unbranched alkanes of at least 4 members (excludes halogenated alkanes) is 14. The number of aliphatic hydroxyl groups excluding tert-OH is 2. The molecule has 11 nitrogen and oxygen atoms in total. The van der Waals surface area contributed by atoms with Gasteiger partial charge in [0.2, 0.25) is 5.72 Å². The molecule has 0 aliphatic carbocycles. The van der Waals surface area contributed by atoms with Gasteiger partial charge < -0.3 is 30.4 Å². The fraction of sp³-hybridized carbons (Fsp3) is 0.867. The summed E-state index contributed by atoms with van der Waals surface area (Å²) in [5, 5.41) is 53.6. The Kier molecular flexibility index (Phi) is 15.3. The maximum atomic E-state index is 15.2. The van der Waals surface area contributed by atoms with Crippen molar-refractivity contribution in [3.8, 4) is 0 Å². The molecule has 42 heavy (non-hydrogen) atoms. The number of rotatable bonds is 21. The van der Waals surface area contributed by atoms with Crippen LogP contribution in [0.2, 0.25) is 0 Å². The van der Waals surface area contributed by atoms with E-state index in [1.807, 2.05) is 4.98 Å².